The summed E-state index contributed by atoms with van der Waals surface area (Å²) in [6.45, 7) is 6.35. The van der Waals surface area contributed by atoms with Crippen LogP contribution in [0.15, 0.2) is 60.8 Å². The highest BCUT2D eigenvalue weighted by Crippen LogP contribution is 2.17. The molecule has 0 aliphatic heterocycles. The summed E-state index contributed by atoms with van der Waals surface area (Å²) in [4.78, 5) is 26.1. The van der Waals surface area contributed by atoms with Crippen molar-refractivity contribution >= 4 is 11.9 Å². The third-order valence-electron chi connectivity index (χ3n) is 11.9. The van der Waals surface area contributed by atoms with Crippen LogP contribution in [0.25, 0.3) is 0 Å². The first-order valence-corrected chi connectivity index (χ1v) is 26.5. The number of unbranched alkanes of at least 4 members (excludes halogenated alkanes) is 26. The number of amides is 1. The molecular formula is C56H101NO5. The average molecular weight is 868 g/mol. The molecule has 1 amide bonds. The van der Waals surface area contributed by atoms with Crippen molar-refractivity contribution in [1.29, 1.82) is 0 Å². The highest BCUT2D eigenvalue weighted by molar-refractivity contribution is 5.77. The number of nitrogens with one attached hydrogen (secondary N) is 1. The monoisotopic (exact) mass is 868 g/mol. The Morgan fingerprint density at radius 3 is 1.23 bits per heavy atom. The smallest absolute Gasteiger partial charge is 0.306 e. The van der Waals surface area contributed by atoms with E-state index in [1.807, 2.05) is 6.08 Å². The van der Waals surface area contributed by atoms with Gasteiger partial charge in [0.1, 0.15) is 6.10 Å². The van der Waals surface area contributed by atoms with Gasteiger partial charge in [-0.1, -0.05) is 255 Å². The molecule has 0 spiro atoms. The van der Waals surface area contributed by atoms with E-state index in [2.05, 4.69) is 80.8 Å². The van der Waals surface area contributed by atoms with Crippen LogP contribution in [0.4, 0.5) is 0 Å². The van der Waals surface area contributed by atoms with Crippen molar-refractivity contribution in [1.82, 2.24) is 5.32 Å². The Morgan fingerprint density at radius 2 is 0.839 bits per heavy atom. The number of allylic oxidation sites excluding steroid dienone is 9. The molecule has 0 fully saturated rings. The molecule has 3 atom stereocenters. The number of carbonyl (C=O) groups excluding carboxylic acids is 2. The van der Waals surface area contributed by atoms with Gasteiger partial charge in [0.15, 0.2) is 0 Å². The van der Waals surface area contributed by atoms with Crippen LogP contribution in [-0.4, -0.2) is 46.9 Å². The van der Waals surface area contributed by atoms with Crippen LogP contribution in [0.1, 0.15) is 258 Å². The Bertz CT molecular complexity index is 1110. The van der Waals surface area contributed by atoms with Gasteiger partial charge in [-0.05, 0) is 44.9 Å². The minimum Gasteiger partial charge on any atom is -0.461 e. The Labute approximate surface area is 384 Å². The van der Waals surface area contributed by atoms with Gasteiger partial charge < -0.3 is 20.3 Å². The molecule has 0 aliphatic rings. The number of esters is 1. The van der Waals surface area contributed by atoms with Crippen molar-refractivity contribution in [3.63, 3.8) is 0 Å². The summed E-state index contributed by atoms with van der Waals surface area (Å²) in [5, 5.41) is 23.8. The molecule has 0 heterocycles. The lowest BCUT2D eigenvalue weighted by Gasteiger charge is -2.24. The molecule has 0 bridgehead atoms. The number of hydrogen-bond acceptors (Lipinski definition) is 5. The molecule has 0 aliphatic carbocycles. The summed E-state index contributed by atoms with van der Waals surface area (Å²) in [6.07, 6.45) is 61.5. The maximum absolute atomic E-state index is 13.2. The lowest BCUT2D eigenvalue weighted by molar-refractivity contribution is -0.150. The number of aliphatic hydroxyl groups excluding tert-OH is 2. The zero-order valence-corrected chi connectivity index (χ0v) is 41.0. The first-order valence-electron chi connectivity index (χ1n) is 26.5. The van der Waals surface area contributed by atoms with Gasteiger partial charge in [-0.25, -0.2) is 0 Å². The Balaban J connectivity index is 4.67. The van der Waals surface area contributed by atoms with E-state index in [1.54, 1.807) is 0 Å². The van der Waals surface area contributed by atoms with Gasteiger partial charge in [0.25, 0.3) is 0 Å². The molecule has 0 saturated heterocycles. The average Bonchev–Trinajstić information content (AvgIpc) is 3.26. The van der Waals surface area contributed by atoms with Gasteiger partial charge in [-0.3, -0.25) is 9.59 Å². The van der Waals surface area contributed by atoms with Crippen molar-refractivity contribution in [2.45, 2.75) is 277 Å². The number of ether oxygens (including phenoxy) is 1. The summed E-state index contributed by atoms with van der Waals surface area (Å²) >= 11 is 0. The van der Waals surface area contributed by atoms with E-state index in [-0.39, 0.29) is 24.9 Å². The minimum absolute atomic E-state index is 0.000827. The van der Waals surface area contributed by atoms with Crippen molar-refractivity contribution < 1.29 is 24.5 Å². The normalized spacial score (nSPS) is 13.7. The van der Waals surface area contributed by atoms with E-state index in [0.29, 0.717) is 19.3 Å². The van der Waals surface area contributed by atoms with E-state index in [4.69, 9.17) is 4.74 Å². The zero-order valence-electron chi connectivity index (χ0n) is 41.0. The van der Waals surface area contributed by atoms with E-state index in [9.17, 15) is 19.8 Å². The predicted molar refractivity (Wildman–Crippen MR) is 268 cm³/mol. The second-order valence-corrected chi connectivity index (χ2v) is 17.9. The van der Waals surface area contributed by atoms with Crippen LogP contribution in [0.2, 0.25) is 0 Å². The summed E-state index contributed by atoms with van der Waals surface area (Å²) in [7, 11) is 0. The second-order valence-electron chi connectivity index (χ2n) is 17.9. The van der Waals surface area contributed by atoms with Crippen LogP contribution in [0, 0.1) is 0 Å². The van der Waals surface area contributed by atoms with E-state index < -0.39 is 18.2 Å². The third-order valence-corrected chi connectivity index (χ3v) is 11.9. The topological polar surface area (TPSA) is 95.9 Å². The van der Waals surface area contributed by atoms with Gasteiger partial charge in [-0.2, -0.15) is 0 Å². The summed E-state index contributed by atoms with van der Waals surface area (Å²) < 4.78 is 5.87. The van der Waals surface area contributed by atoms with Gasteiger partial charge in [0.05, 0.1) is 25.2 Å². The molecule has 62 heavy (non-hydrogen) atoms. The van der Waals surface area contributed by atoms with E-state index >= 15 is 0 Å². The first kappa shape index (κ1) is 59.6. The van der Waals surface area contributed by atoms with Gasteiger partial charge >= 0.3 is 5.97 Å². The fourth-order valence-corrected chi connectivity index (χ4v) is 7.87. The first-order chi connectivity index (χ1) is 30.5. The molecule has 0 saturated carbocycles. The summed E-state index contributed by atoms with van der Waals surface area (Å²) in [6, 6.07) is -0.731. The lowest BCUT2D eigenvalue weighted by Crippen LogP contribution is -2.46. The maximum Gasteiger partial charge on any atom is 0.306 e. The SMILES string of the molecule is CC/C=C\C/C=C\C/C=C\C/C=C\C/C=C\CC(CC(=O)NC(CO)C(O)CCCCCCCCCCCCCCCCC)OC(=O)CCCCCCCCCCCCCCC. The Hall–Kier alpha value is -2.44. The van der Waals surface area contributed by atoms with Gasteiger partial charge in [0.2, 0.25) is 5.91 Å². The van der Waals surface area contributed by atoms with Crippen molar-refractivity contribution in [2.75, 3.05) is 6.61 Å². The molecule has 0 rings (SSSR count). The molecule has 0 aromatic heterocycles. The van der Waals surface area contributed by atoms with Gasteiger partial charge in [-0.15, -0.1) is 0 Å². The number of carbonyl (C=O) groups is 2. The molecule has 0 radical (unpaired) electrons. The highest BCUT2D eigenvalue weighted by Gasteiger charge is 2.23. The third kappa shape index (κ3) is 44.2. The molecule has 0 aromatic rings. The summed E-state index contributed by atoms with van der Waals surface area (Å²) in [5.41, 5.74) is 0. The molecule has 0 aromatic carbocycles. The van der Waals surface area contributed by atoms with Gasteiger partial charge in [0, 0.05) is 12.8 Å². The molecular weight excluding hydrogens is 767 g/mol. The molecule has 3 N–H and O–H groups in total. The fourth-order valence-electron chi connectivity index (χ4n) is 7.87. The lowest BCUT2D eigenvalue weighted by atomic mass is 10.0. The molecule has 6 heteroatoms. The number of hydrogen-bond donors (Lipinski definition) is 3. The van der Waals surface area contributed by atoms with Crippen LogP contribution >= 0.6 is 0 Å². The maximum atomic E-state index is 13.2. The Kier molecular flexibility index (Phi) is 47.6. The fraction of sp³-hybridized carbons (Fsp3) is 0.786. The molecule has 360 valence electrons. The predicted octanol–water partition coefficient (Wildman–Crippen LogP) is 16.0. The van der Waals surface area contributed by atoms with Crippen molar-refractivity contribution in [2.24, 2.45) is 0 Å². The van der Waals surface area contributed by atoms with Crippen LogP contribution in [0.3, 0.4) is 0 Å². The quantitative estimate of drug-likeness (QED) is 0.0322. The zero-order chi connectivity index (χ0) is 45.2. The van der Waals surface area contributed by atoms with Crippen LogP contribution in [-0.2, 0) is 14.3 Å². The van der Waals surface area contributed by atoms with E-state index in [0.717, 1.165) is 70.6 Å². The van der Waals surface area contributed by atoms with Crippen LogP contribution < -0.4 is 5.32 Å². The number of aliphatic hydroxyl groups is 2. The van der Waals surface area contributed by atoms with Crippen molar-refractivity contribution in [3.05, 3.63) is 60.8 Å². The number of rotatable bonds is 47. The second kappa shape index (κ2) is 49.6. The Morgan fingerprint density at radius 1 is 0.484 bits per heavy atom. The summed E-state index contributed by atoms with van der Waals surface area (Å²) in [5.74, 6) is -0.573. The van der Waals surface area contributed by atoms with E-state index in [1.165, 1.54) is 141 Å². The molecule has 3 unspecified atom stereocenters. The van der Waals surface area contributed by atoms with Crippen molar-refractivity contribution in [3.8, 4) is 0 Å². The van der Waals surface area contributed by atoms with Crippen LogP contribution in [0.5, 0.6) is 0 Å². The molecule has 6 nitrogen and oxygen atoms in total. The standard InChI is InChI=1S/C56H101NO5/c1-4-7-10-13-16-19-22-25-27-30-32-35-38-41-44-47-52(62-56(61)49-46-43-40-37-34-29-24-21-18-15-12-9-6-3)50-55(60)57-53(51-58)54(59)48-45-42-39-36-33-31-28-26-23-20-17-14-11-8-5-2/h7,10,16,19,25,27,32,35,41,44,52-54,58-59H,4-6,8-9,11-15,17-18,20-24,26,28-31,33-34,36-40,42-43,45-51H2,1-3H3,(H,57,60)/b10-7-,19-16-,27-25-,35-32-,44-41-. The largest absolute Gasteiger partial charge is 0.461 e. The minimum atomic E-state index is -0.812. The highest BCUT2D eigenvalue weighted by atomic mass is 16.5.